The van der Waals surface area contributed by atoms with Crippen molar-refractivity contribution < 1.29 is 32.6 Å². The molecule has 5 nitrogen and oxygen atoms in total. The predicted octanol–water partition coefficient (Wildman–Crippen LogP) is 1.19. The first-order valence-corrected chi connectivity index (χ1v) is 4.10. The molecule has 8 heteroatoms. The van der Waals surface area contributed by atoms with Crippen molar-refractivity contribution in [3.63, 3.8) is 0 Å². The molecule has 1 saturated heterocycles. The van der Waals surface area contributed by atoms with Gasteiger partial charge in [0, 0.05) is 6.54 Å². The predicted molar refractivity (Wildman–Crippen MR) is 39.9 cm³/mol. The van der Waals surface area contributed by atoms with Crippen molar-refractivity contribution in [2.24, 2.45) is 0 Å². The Morgan fingerprint density at radius 3 is 2.47 bits per heavy atom. The quantitative estimate of drug-likeness (QED) is 0.730. The average Bonchev–Trinajstić information content (AvgIpc) is 2.47. The molecule has 1 aliphatic heterocycles. The highest BCUT2D eigenvalue weighted by atomic mass is 19.4. The minimum absolute atomic E-state index is 0.0358. The second-order valence-corrected chi connectivity index (χ2v) is 3.00. The van der Waals surface area contributed by atoms with Crippen LogP contribution in [0.25, 0.3) is 0 Å². The smallest absolute Gasteiger partial charge is 0.480 e. The zero-order valence-electron chi connectivity index (χ0n) is 7.45. The Labute approximate surface area is 82.4 Å². The number of halogens is 3. The third-order valence-electron chi connectivity index (χ3n) is 1.98. The monoisotopic (exact) mass is 227 g/mol. The summed E-state index contributed by atoms with van der Waals surface area (Å²) in [6.07, 6.45) is -6.25. The van der Waals surface area contributed by atoms with E-state index in [1.54, 1.807) is 0 Å². The Hall–Kier alpha value is -1.47. The summed E-state index contributed by atoms with van der Waals surface area (Å²) in [5.74, 6) is -1.33. The molecule has 0 radical (unpaired) electrons. The number of likely N-dealkylation sites (tertiary alicyclic amines) is 1. The number of hydrogen-bond acceptors (Lipinski definition) is 3. The van der Waals surface area contributed by atoms with Crippen molar-refractivity contribution in [2.75, 3.05) is 6.54 Å². The van der Waals surface area contributed by atoms with E-state index in [1.165, 1.54) is 0 Å². The van der Waals surface area contributed by atoms with Crippen molar-refractivity contribution in [3.8, 4) is 0 Å². The lowest BCUT2D eigenvalue weighted by Crippen LogP contribution is -2.42. The molecule has 0 aromatic carbocycles. The lowest BCUT2D eigenvalue weighted by molar-refractivity contribution is -0.295. The van der Waals surface area contributed by atoms with Gasteiger partial charge in [0.2, 0.25) is 0 Å². The molecule has 1 amide bonds. The summed E-state index contributed by atoms with van der Waals surface area (Å²) in [5.41, 5.74) is 0. The van der Waals surface area contributed by atoms with E-state index in [0.717, 1.165) is 0 Å². The second-order valence-electron chi connectivity index (χ2n) is 3.00. The molecule has 0 bridgehead atoms. The molecule has 0 saturated carbocycles. The van der Waals surface area contributed by atoms with Crippen LogP contribution >= 0.6 is 0 Å². The maximum Gasteiger partial charge on any atom is 0.576 e. The fourth-order valence-corrected chi connectivity index (χ4v) is 1.40. The number of carbonyl (C=O) groups excluding carboxylic acids is 1. The number of carboxylic acids is 1. The summed E-state index contributed by atoms with van der Waals surface area (Å²) < 4.78 is 38.1. The highest BCUT2D eigenvalue weighted by Crippen LogP contribution is 2.23. The number of hydrogen-bond donors (Lipinski definition) is 1. The zero-order chi connectivity index (χ0) is 11.6. The van der Waals surface area contributed by atoms with E-state index >= 15 is 0 Å². The van der Waals surface area contributed by atoms with E-state index in [0.29, 0.717) is 11.3 Å². The van der Waals surface area contributed by atoms with Gasteiger partial charge in [-0.15, -0.1) is 13.2 Å². The molecule has 1 rings (SSSR count). The topological polar surface area (TPSA) is 66.8 Å². The molecular formula is C7H8F3NO4. The van der Waals surface area contributed by atoms with Gasteiger partial charge in [0.15, 0.2) is 0 Å². The molecule has 1 fully saturated rings. The van der Waals surface area contributed by atoms with Gasteiger partial charge >= 0.3 is 18.4 Å². The number of aliphatic carboxylic acids is 1. The van der Waals surface area contributed by atoms with Crippen LogP contribution in [0.4, 0.5) is 18.0 Å². The summed E-state index contributed by atoms with van der Waals surface area (Å²) in [6.45, 7) is -0.0358. The lowest BCUT2D eigenvalue weighted by atomic mass is 10.2. The SMILES string of the molecule is O=C(O)C1CCCN1C(=O)OC(F)(F)F. The van der Waals surface area contributed by atoms with Crippen molar-refractivity contribution >= 4 is 12.1 Å². The summed E-state index contributed by atoms with van der Waals surface area (Å²) in [6, 6.07) is -1.22. The van der Waals surface area contributed by atoms with Crippen LogP contribution in [0.15, 0.2) is 0 Å². The molecule has 1 heterocycles. The number of amides is 1. The highest BCUT2D eigenvalue weighted by Gasteiger charge is 2.41. The summed E-state index contributed by atoms with van der Waals surface area (Å²) in [7, 11) is 0. The van der Waals surface area contributed by atoms with Crippen LogP contribution in [-0.2, 0) is 9.53 Å². The van der Waals surface area contributed by atoms with Crippen LogP contribution in [0.1, 0.15) is 12.8 Å². The first-order chi connectivity index (χ1) is 6.81. The van der Waals surface area contributed by atoms with E-state index in [-0.39, 0.29) is 13.0 Å². The standard InChI is InChI=1S/C7H8F3NO4/c8-7(9,10)15-6(14)11-3-1-2-4(11)5(12)13/h4H,1-3H2,(H,12,13). The summed E-state index contributed by atoms with van der Waals surface area (Å²) >= 11 is 0. The largest absolute Gasteiger partial charge is 0.576 e. The maximum absolute atomic E-state index is 11.7. The van der Waals surface area contributed by atoms with Crippen LogP contribution in [0.3, 0.4) is 0 Å². The minimum Gasteiger partial charge on any atom is -0.480 e. The third-order valence-corrected chi connectivity index (χ3v) is 1.98. The van der Waals surface area contributed by atoms with E-state index in [4.69, 9.17) is 5.11 Å². The Balaban J connectivity index is 2.63. The Kier molecular flexibility index (Phi) is 3.06. The molecule has 86 valence electrons. The van der Waals surface area contributed by atoms with Gasteiger partial charge in [-0.2, -0.15) is 0 Å². The molecule has 1 N–H and O–H groups in total. The number of nitrogens with zero attached hydrogens (tertiary/aromatic N) is 1. The first-order valence-electron chi connectivity index (χ1n) is 4.10. The van der Waals surface area contributed by atoms with Crippen LogP contribution in [-0.4, -0.2) is 41.0 Å². The summed E-state index contributed by atoms with van der Waals surface area (Å²) in [5, 5.41) is 8.60. The van der Waals surface area contributed by atoms with E-state index < -0.39 is 24.5 Å². The number of carbonyl (C=O) groups is 2. The maximum atomic E-state index is 11.7. The number of alkyl halides is 3. The fourth-order valence-electron chi connectivity index (χ4n) is 1.40. The van der Waals surface area contributed by atoms with E-state index in [2.05, 4.69) is 4.74 Å². The number of carboxylic acid groups (broad SMARTS) is 1. The van der Waals surface area contributed by atoms with Gasteiger partial charge in [-0.1, -0.05) is 0 Å². The van der Waals surface area contributed by atoms with Crippen LogP contribution < -0.4 is 0 Å². The van der Waals surface area contributed by atoms with Crippen molar-refractivity contribution in [1.82, 2.24) is 4.90 Å². The van der Waals surface area contributed by atoms with Crippen LogP contribution in [0.2, 0.25) is 0 Å². The summed E-state index contributed by atoms with van der Waals surface area (Å²) in [4.78, 5) is 22.0. The van der Waals surface area contributed by atoms with Gasteiger partial charge < -0.3 is 9.84 Å². The minimum atomic E-state index is -5.08. The van der Waals surface area contributed by atoms with Gasteiger partial charge in [0.1, 0.15) is 6.04 Å². The van der Waals surface area contributed by atoms with Crippen molar-refractivity contribution in [1.29, 1.82) is 0 Å². The molecule has 0 aromatic rings. The molecule has 1 aliphatic rings. The molecule has 15 heavy (non-hydrogen) atoms. The van der Waals surface area contributed by atoms with Gasteiger partial charge in [0.05, 0.1) is 0 Å². The van der Waals surface area contributed by atoms with Crippen molar-refractivity contribution in [2.45, 2.75) is 25.2 Å². The molecule has 1 unspecified atom stereocenters. The van der Waals surface area contributed by atoms with Crippen molar-refractivity contribution in [3.05, 3.63) is 0 Å². The molecule has 0 aliphatic carbocycles. The second kappa shape index (κ2) is 3.95. The normalized spacial score (nSPS) is 21.5. The highest BCUT2D eigenvalue weighted by molar-refractivity contribution is 5.80. The van der Waals surface area contributed by atoms with Gasteiger partial charge in [-0.25, -0.2) is 9.59 Å². The molecule has 0 spiro atoms. The lowest BCUT2D eigenvalue weighted by Gasteiger charge is -2.21. The van der Waals surface area contributed by atoms with Gasteiger partial charge in [-0.05, 0) is 12.8 Å². The Bertz CT molecular complexity index is 278. The number of rotatable bonds is 1. The van der Waals surface area contributed by atoms with E-state index in [9.17, 15) is 22.8 Å². The van der Waals surface area contributed by atoms with Crippen LogP contribution in [0, 0.1) is 0 Å². The number of ether oxygens (including phenoxy) is 1. The Morgan fingerprint density at radius 1 is 1.40 bits per heavy atom. The molecule has 0 aromatic heterocycles. The van der Waals surface area contributed by atoms with E-state index in [1.807, 2.05) is 0 Å². The average molecular weight is 227 g/mol. The van der Waals surface area contributed by atoms with Gasteiger partial charge in [-0.3, -0.25) is 4.90 Å². The van der Waals surface area contributed by atoms with Gasteiger partial charge in [0.25, 0.3) is 0 Å². The molecule has 1 atom stereocenters. The van der Waals surface area contributed by atoms with Crippen LogP contribution in [0.5, 0.6) is 0 Å². The fraction of sp³-hybridized carbons (Fsp3) is 0.714. The molecular weight excluding hydrogens is 219 g/mol. The Morgan fingerprint density at radius 2 is 2.00 bits per heavy atom. The first kappa shape index (κ1) is 11.6. The third kappa shape index (κ3) is 3.00. The zero-order valence-corrected chi connectivity index (χ0v) is 7.45.